The second-order valence-corrected chi connectivity index (χ2v) is 6.54. The van der Waals surface area contributed by atoms with Gasteiger partial charge in [-0.3, -0.25) is 9.78 Å². The molecule has 0 aliphatic heterocycles. The van der Waals surface area contributed by atoms with E-state index in [4.69, 9.17) is 16.6 Å². The first-order chi connectivity index (χ1) is 11.1. The van der Waals surface area contributed by atoms with Crippen LogP contribution in [-0.4, -0.2) is 10.8 Å². The van der Waals surface area contributed by atoms with Crippen LogP contribution in [0, 0.1) is 0 Å². The number of ketones is 1. The number of aromatic nitrogens is 1. The van der Waals surface area contributed by atoms with E-state index in [0.717, 1.165) is 46.1 Å². The third-order valence-corrected chi connectivity index (χ3v) is 4.59. The first kappa shape index (κ1) is 14.4. The highest BCUT2D eigenvalue weighted by Crippen LogP contribution is 2.45. The molecule has 0 saturated heterocycles. The molecule has 0 unspecified atom stereocenters. The van der Waals surface area contributed by atoms with Gasteiger partial charge < -0.3 is 0 Å². The molecule has 3 aromatic rings. The van der Waals surface area contributed by atoms with Crippen LogP contribution in [0.4, 0.5) is 0 Å². The summed E-state index contributed by atoms with van der Waals surface area (Å²) in [5, 5.41) is 1.60. The van der Waals surface area contributed by atoms with Gasteiger partial charge in [0.25, 0.3) is 0 Å². The minimum absolute atomic E-state index is 0.0696. The molecule has 23 heavy (non-hydrogen) atoms. The number of benzene rings is 2. The molecular formula is C20H16ClNO. The van der Waals surface area contributed by atoms with E-state index >= 15 is 0 Å². The summed E-state index contributed by atoms with van der Waals surface area (Å²) in [7, 11) is 0. The van der Waals surface area contributed by atoms with Crippen LogP contribution in [0.25, 0.3) is 22.0 Å². The third kappa shape index (κ3) is 2.53. The minimum atomic E-state index is 0.0696. The van der Waals surface area contributed by atoms with Gasteiger partial charge in [0.05, 0.1) is 11.2 Å². The second-order valence-electron chi connectivity index (χ2n) is 6.11. The van der Waals surface area contributed by atoms with E-state index in [1.807, 2.05) is 48.5 Å². The largest absolute Gasteiger partial charge is 0.294 e. The van der Waals surface area contributed by atoms with Crippen molar-refractivity contribution in [3.05, 3.63) is 64.8 Å². The lowest BCUT2D eigenvalue weighted by molar-refractivity contribution is 0.101. The molecule has 3 heteroatoms. The number of nitrogens with zero attached hydrogens (tertiary/aromatic N) is 1. The molecule has 0 amide bonds. The number of fused-ring (bicyclic) bond motifs is 1. The Morgan fingerprint density at radius 1 is 1.13 bits per heavy atom. The highest BCUT2D eigenvalue weighted by Gasteiger charge is 2.31. The Morgan fingerprint density at radius 2 is 1.87 bits per heavy atom. The van der Waals surface area contributed by atoms with E-state index in [0.29, 0.717) is 10.9 Å². The fraction of sp³-hybridized carbons (Fsp3) is 0.200. The summed E-state index contributed by atoms with van der Waals surface area (Å²) >= 11 is 6.21. The highest BCUT2D eigenvalue weighted by atomic mass is 35.5. The van der Waals surface area contributed by atoms with Gasteiger partial charge in [0, 0.05) is 27.5 Å². The molecule has 114 valence electrons. The van der Waals surface area contributed by atoms with Gasteiger partial charge in [-0.1, -0.05) is 41.9 Å². The summed E-state index contributed by atoms with van der Waals surface area (Å²) in [6.45, 7) is 1.63. The Morgan fingerprint density at radius 3 is 2.52 bits per heavy atom. The molecule has 0 bridgehead atoms. The molecule has 1 aliphatic carbocycles. The first-order valence-corrected chi connectivity index (χ1v) is 8.22. The number of hydrogen-bond donors (Lipinski definition) is 0. The van der Waals surface area contributed by atoms with Crippen molar-refractivity contribution in [3.8, 4) is 11.1 Å². The zero-order valence-electron chi connectivity index (χ0n) is 12.8. The maximum atomic E-state index is 12.4. The monoisotopic (exact) mass is 321 g/mol. The van der Waals surface area contributed by atoms with E-state index in [2.05, 4.69) is 0 Å². The molecule has 1 aromatic heterocycles. The topological polar surface area (TPSA) is 30.0 Å². The molecule has 0 N–H and O–H groups in total. The van der Waals surface area contributed by atoms with Crippen LogP contribution in [-0.2, 0) is 0 Å². The van der Waals surface area contributed by atoms with Crippen molar-refractivity contribution in [2.45, 2.75) is 25.7 Å². The maximum absolute atomic E-state index is 12.4. The number of halogens is 1. The SMILES string of the molecule is CC(=O)c1c(C2CC2)nc2ccc(Cl)cc2c1-c1ccccc1. The highest BCUT2D eigenvalue weighted by molar-refractivity contribution is 6.31. The summed E-state index contributed by atoms with van der Waals surface area (Å²) < 4.78 is 0. The van der Waals surface area contributed by atoms with E-state index < -0.39 is 0 Å². The zero-order valence-corrected chi connectivity index (χ0v) is 13.6. The standard InChI is InChI=1S/C20H16ClNO/c1-12(23)18-19(13-5-3-2-4-6-13)16-11-15(21)9-10-17(16)22-20(18)14-7-8-14/h2-6,9-11,14H,7-8H2,1H3. The molecule has 0 radical (unpaired) electrons. The lowest BCUT2D eigenvalue weighted by Gasteiger charge is -2.16. The smallest absolute Gasteiger partial charge is 0.162 e. The number of Topliss-reactive ketones (excluding diaryl/α,β-unsaturated/α-hetero) is 1. The Labute approximate surface area is 140 Å². The fourth-order valence-electron chi connectivity index (χ4n) is 3.17. The van der Waals surface area contributed by atoms with Crippen molar-refractivity contribution < 1.29 is 4.79 Å². The minimum Gasteiger partial charge on any atom is -0.294 e. The predicted octanol–water partition coefficient (Wildman–Crippen LogP) is 5.64. The molecule has 0 spiro atoms. The zero-order chi connectivity index (χ0) is 16.0. The van der Waals surface area contributed by atoms with E-state index in [1.165, 1.54) is 0 Å². The average molecular weight is 322 g/mol. The van der Waals surface area contributed by atoms with Crippen molar-refractivity contribution in [1.82, 2.24) is 4.98 Å². The number of pyridine rings is 1. The number of hydrogen-bond acceptors (Lipinski definition) is 2. The summed E-state index contributed by atoms with van der Waals surface area (Å²) in [4.78, 5) is 17.3. The van der Waals surface area contributed by atoms with Crippen molar-refractivity contribution >= 4 is 28.3 Å². The summed E-state index contributed by atoms with van der Waals surface area (Å²) in [5.74, 6) is 0.483. The van der Waals surface area contributed by atoms with Crippen molar-refractivity contribution in [3.63, 3.8) is 0 Å². The maximum Gasteiger partial charge on any atom is 0.162 e. The number of carbonyl (C=O) groups excluding carboxylic acids is 1. The van der Waals surface area contributed by atoms with Gasteiger partial charge in [-0.2, -0.15) is 0 Å². The van der Waals surface area contributed by atoms with E-state index in [9.17, 15) is 4.79 Å². The molecule has 2 nitrogen and oxygen atoms in total. The Kier molecular flexibility index (Phi) is 3.42. The third-order valence-electron chi connectivity index (χ3n) is 4.35. The molecule has 1 aliphatic rings. The molecule has 4 rings (SSSR count). The van der Waals surface area contributed by atoms with Gasteiger partial charge in [0.15, 0.2) is 5.78 Å². The van der Waals surface area contributed by atoms with Gasteiger partial charge in [-0.15, -0.1) is 0 Å². The summed E-state index contributed by atoms with van der Waals surface area (Å²) in [6.07, 6.45) is 2.22. The van der Waals surface area contributed by atoms with Gasteiger partial charge >= 0.3 is 0 Å². The lowest BCUT2D eigenvalue weighted by Crippen LogP contribution is -2.06. The fourth-order valence-corrected chi connectivity index (χ4v) is 3.34. The van der Waals surface area contributed by atoms with E-state index in [-0.39, 0.29) is 5.78 Å². The molecular weight excluding hydrogens is 306 g/mol. The average Bonchev–Trinajstić information content (AvgIpc) is 3.38. The predicted molar refractivity (Wildman–Crippen MR) is 94.2 cm³/mol. The normalized spacial score (nSPS) is 14.2. The quantitative estimate of drug-likeness (QED) is 0.585. The van der Waals surface area contributed by atoms with Crippen molar-refractivity contribution in [2.24, 2.45) is 0 Å². The second kappa shape index (κ2) is 5.47. The van der Waals surface area contributed by atoms with Gasteiger partial charge in [0.2, 0.25) is 0 Å². The molecule has 0 atom stereocenters. The van der Waals surface area contributed by atoms with Crippen LogP contribution in [0.1, 0.15) is 41.7 Å². The first-order valence-electron chi connectivity index (χ1n) is 7.84. The van der Waals surface area contributed by atoms with Crippen LogP contribution < -0.4 is 0 Å². The Bertz CT molecular complexity index is 914. The van der Waals surface area contributed by atoms with Crippen LogP contribution in [0.5, 0.6) is 0 Å². The van der Waals surface area contributed by atoms with Crippen LogP contribution in [0.2, 0.25) is 5.02 Å². The van der Waals surface area contributed by atoms with Crippen LogP contribution in [0.15, 0.2) is 48.5 Å². The Balaban J connectivity index is 2.16. The molecule has 1 fully saturated rings. The Hall–Kier alpha value is -2.19. The number of carbonyl (C=O) groups is 1. The molecule has 2 aromatic carbocycles. The van der Waals surface area contributed by atoms with Crippen molar-refractivity contribution in [2.75, 3.05) is 0 Å². The van der Waals surface area contributed by atoms with Gasteiger partial charge in [-0.05, 0) is 43.5 Å². The van der Waals surface area contributed by atoms with Gasteiger partial charge in [0.1, 0.15) is 0 Å². The van der Waals surface area contributed by atoms with E-state index in [1.54, 1.807) is 6.92 Å². The summed E-state index contributed by atoms with van der Waals surface area (Å²) in [5.41, 5.74) is 4.61. The molecule has 1 heterocycles. The van der Waals surface area contributed by atoms with Gasteiger partial charge in [-0.25, -0.2) is 0 Å². The lowest BCUT2D eigenvalue weighted by atomic mass is 9.91. The molecule has 1 saturated carbocycles. The van der Waals surface area contributed by atoms with Crippen LogP contribution in [0.3, 0.4) is 0 Å². The van der Waals surface area contributed by atoms with Crippen LogP contribution >= 0.6 is 11.6 Å². The summed E-state index contributed by atoms with van der Waals surface area (Å²) in [6, 6.07) is 15.8. The number of rotatable bonds is 3. The van der Waals surface area contributed by atoms with Crippen molar-refractivity contribution in [1.29, 1.82) is 0 Å².